The van der Waals surface area contributed by atoms with Gasteiger partial charge < -0.3 is 25.8 Å². The second-order valence-electron chi connectivity index (χ2n) is 8.11. The molecule has 8 nitrogen and oxygen atoms in total. The maximum atomic E-state index is 11.8. The average Bonchev–Trinajstić information content (AvgIpc) is 2.94. The van der Waals surface area contributed by atoms with Gasteiger partial charge in [-0.3, -0.25) is 14.6 Å². The fourth-order valence-corrected chi connectivity index (χ4v) is 2.73. The molecule has 0 saturated heterocycles. The second-order valence-corrected chi connectivity index (χ2v) is 8.11. The SMILES string of the molecule is C=C/C=C\C(=C)Oc1ccnc(C(N)=O)c1.CN1C(=O)CCOc2ccc(C#CC(C)(C)N)cc21. The van der Waals surface area contributed by atoms with Gasteiger partial charge in [-0.1, -0.05) is 37.2 Å². The van der Waals surface area contributed by atoms with Crippen LogP contribution in [0.1, 0.15) is 36.3 Å². The van der Waals surface area contributed by atoms with Gasteiger partial charge in [-0.05, 0) is 44.2 Å². The molecule has 182 valence electrons. The van der Waals surface area contributed by atoms with Crippen LogP contribution in [0, 0.1) is 11.8 Å². The highest BCUT2D eigenvalue weighted by Gasteiger charge is 2.20. The van der Waals surface area contributed by atoms with Crippen LogP contribution in [-0.4, -0.2) is 36.0 Å². The van der Waals surface area contributed by atoms with Crippen molar-refractivity contribution in [2.75, 3.05) is 18.6 Å². The van der Waals surface area contributed by atoms with Crippen LogP contribution < -0.4 is 25.8 Å². The van der Waals surface area contributed by atoms with Gasteiger partial charge in [-0.25, -0.2) is 0 Å². The van der Waals surface area contributed by atoms with E-state index in [1.807, 2.05) is 32.0 Å². The summed E-state index contributed by atoms with van der Waals surface area (Å²) in [6.07, 6.45) is 6.79. The molecular formula is C27H30N4O4. The van der Waals surface area contributed by atoms with Crippen LogP contribution in [0.25, 0.3) is 0 Å². The zero-order chi connectivity index (χ0) is 26.0. The molecule has 8 heteroatoms. The smallest absolute Gasteiger partial charge is 0.267 e. The van der Waals surface area contributed by atoms with Gasteiger partial charge in [-0.15, -0.1) is 0 Å². The van der Waals surface area contributed by atoms with E-state index in [1.165, 1.54) is 12.3 Å². The normalized spacial score (nSPS) is 12.7. The van der Waals surface area contributed by atoms with Crippen molar-refractivity contribution in [2.24, 2.45) is 11.5 Å². The molecule has 35 heavy (non-hydrogen) atoms. The van der Waals surface area contributed by atoms with Gasteiger partial charge in [0.15, 0.2) is 0 Å². The number of carbonyl (C=O) groups is 2. The predicted molar refractivity (Wildman–Crippen MR) is 137 cm³/mol. The number of fused-ring (bicyclic) bond motifs is 1. The second kappa shape index (κ2) is 12.2. The fraction of sp³-hybridized carbons (Fsp3) is 0.222. The standard InChI is InChI=1S/C15H18N2O2.C12H12N2O2/c1-15(2,16)8-6-11-4-5-13-12(10-11)17(3)14(18)7-9-19-13;1-3-4-5-9(2)16-10-6-7-14-11(8-10)12(13)15/h4-5,10H,7,9,16H2,1-3H3;3-8H,1-2H2,(H2,13,15)/b;5-4-. The average molecular weight is 475 g/mol. The molecule has 1 aliphatic rings. The van der Waals surface area contributed by atoms with Crippen molar-refractivity contribution in [3.8, 4) is 23.3 Å². The summed E-state index contributed by atoms with van der Waals surface area (Å²) >= 11 is 0. The molecule has 0 saturated carbocycles. The summed E-state index contributed by atoms with van der Waals surface area (Å²) < 4.78 is 10.9. The Kier molecular flexibility index (Phi) is 9.38. The quantitative estimate of drug-likeness (QED) is 0.390. The van der Waals surface area contributed by atoms with Gasteiger partial charge >= 0.3 is 0 Å². The number of hydrogen-bond donors (Lipinski definition) is 2. The molecule has 2 amide bonds. The molecule has 2 heterocycles. The summed E-state index contributed by atoms with van der Waals surface area (Å²) in [5.74, 6) is 7.04. The molecule has 0 spiro atoms. The Labute approximate surface area is 205 Å². The number of aromatic nitrogens is 1. The minimum atomic E-state index is -0.599. The Morgan fingerprint density at radius 2 is 2.06 bits per heavy atom. The van der Waals surface area contributed by atoms with E-state index in [0.717, 1.165) is 11.3 Å². The lowest BCUT2D eigenvalue weighted by Crippen LogP contribution is -2.29. The zero-order valence-corrected chi connectivity index (χ0v) is 20.2. The first-order valence-electron chi connectivity index (χ1n) is 10.8. The number of anilines is 1. The number of primary amides is 1. The number of pyridine rings is 1. The molecule has 0 aliphatic carbocycles. The minimum Gasteiger partial charge on any atom is -0.491 e. The summed E-state index contributed by atoms with van der Waals surface area (Å²) in [7, 11) is 1.75. The molecule has 3 rings (SSSR count). The minimum absolute atomic E-state index is 0.0445. The van der Waals surface area contributed by atoms with Crippen molar-refractivity contribution >= 4 is 17.5 Å². The first-order valence-corrected chi connectivity index (χ1v) is 10.8. The lowest BCUT2D eigenvalue weighted by atomic mass is 10.1. The fourth-order valence-electron chi connectivity index (χ4n) is 2.73. The molecule has 2 aromatic rings. The Morgan fingerprint density at radius 3 is 2.71 bits per heavy atom. The zero-order valence-electron chi connectivity index (χ0n) is 20.2. The molecule has 0 unspecified atom stereocenters. The Bertz CT molecular complexity index is 1200. The van der Waals surface area contributed by atoms with Crippen molar-refractivity contribution in [3.63, 3.8) is 0 Å². The lowest BCUT2D eigenvalue weighted by Gasteiger charge is -2.16. The van der Waals surface area contributed by atoms with Crippen LogP contribution in [0.2, 0.25) is 0 Å². The third kappa shape index (κ3) is 8.84. The van der Waals surface area contributed by atoms with E-state index in [1.54, 1.807) is 36.2 Å². The summed E-state index contributed by atoms with van der Waals surface area (Å²) in [5, 5.41) is 0. The van der Waals surface area contributed by atoms with Gasteiger partial charge in [0.1, 0.15) is 23.0 Å². The number of hydrogen-bond acceptors (Lipinski definition) is 6. The van der Waals surface area contributed by atoms with Crippen LogP contribution in [0.4, 0.5) is 5.69 Å². The molecule has 0 fully saturated rings. The maximum absolute atomic E-state index is 11.8. The molecule has 0 atom stereocenters. The first kappa shape index (κ1) is 26.9. The molecule has 4 N–H and O–H groups in total. The monoisotopic (exact) mass is 474 g/mol. The summed E-state index contributed by atoms with van der Waals surface area (Å²) in [5.41, 5.74) is 12.1. The molecule has 1 aromatic heterocycles. The van der Waals surface area contributed by atoms with E-state index in [0.29, 0.717) is 30.3 Å². The topological polar surface area (TPSA) is 121 Å². The van der Waals surface area contributed by atoms with Gasteiger partial charge in [0.05, 0.1) is 24.3 Å². The van der Waals surface area contributed by atoms with E-state index in [9.17, 15) is 9.59 Å². The van der Waals surface area contributed by atoms with Crippen molar-refractivity contribution in [3.05, 3.63) is 84.9 Å². The number of allylic oxidation sites excluding steroid dienone is 3. The van der Waals surface area contributed by atoms with Crippen molar-refractivity contribution in [2.45, 2.75) is 25.8 Å². The Morgan fingerprint density at radius 1 is 1.31 bits per heavy atom. The highest BCUT2D eigenvalue weighted by Crippen LogP contribution is 2.31. The van der Waals surface area contributed by atoms with Crippen LogP contribution >= 0.6 is 0 Å². The Balaban J connectivity index is 0.000000251. The highest BCUT2D eigenvalue weighted by molar-refractivity contribution is 5.95. The largest absolute Gasteiger partial charge is 0.491 e. The van der Waals surface area contributed by atoms with Crippen LogP contribution in [0.5, 0.6) is 11.5 Å². The number of ether oxygens (including phenoxy) is 2. The van der Waals surface area contributed by atoms with Gasteiger partial charge in [0, 0.05) is 24.9 Å². The number of amides is 2. The van der Waals surface area contributed by atoms with Crippen molar-refractivity contribution in [1.82, 2.24) is 4.98 Å². The number of rotatable bonds is 5. The van der Waals surface area contributed by atoms with E-state index in [4.69, 9.17) is 20.9 Å². The molecule has 1 aromatic carbocycles. The van der Waals surface area contributed by atoms with E-state index in [2.05, 4.69) is 30.0 Å². The number of nitrogens with zero attached hydrogens (tertiary/aromatic N) is 2. The van der Waals surface area contributed by atoms with Gasteiger partial charge in [-0.2, -0.15) is 0 Å². The predicted octanol–water partition coefficient (Wildman–Crippen LogP) is 3.34. The summed E-state index contributed by atoms with van der Waals surface area (Å²) in [6, 6.07) is 8.64. The first-order chi connectivity index (χ1) is 16.5. The molecule has 0 radical (unpaired) electrons. The van der Waals surface area contributed by atoms with Crippen molar-refractivity contribution in [1.29, 1.82) is 0 Å². The van der Waals surface area contributed by atoms with E-state index in [-0.39, 0.29) is 11.6 Å². The highest BCUT2D eigenvalue weighted by atomic mass is 16.5. The van der Waals surface area contributed by atoms with Gasteiger partial charge in [0.25, 0.3) is 5.91 Å². The van der Waals surface area contributed by atoms with E-state index >= 15 is 0 Å². The third-order valence-electron chi connectivity index (χ3n) is 4.45. The summed E-state index contributed by atoms with van der Waals surface area (Å²) in [6.45, 7) is 11.3. The third-order valence-corrected chi connectivity index (χ3v) is 4.45. The number of carbonyl (C=O) groups excluding carboxylic acids is 2. The van der Waals surface area contributed by atoms with Gasteiger partial charge in [0.2, 0.25) is 5.91 Å². The molecular weight excluding hydrogens is 444 g/mol. The Hall–Kier alpha value is -4.35. The van der Waals surface area contributed by atoms with Crippen molar-refractivity contribution < 1.29 is 19.1 Å². The van der Waals surface area contributed by atoms with Crippen LogP contribution in [0.15, 0.2) is 73.7 Å². The van der Waals surface area contributed by atoms with Crippen LogP contribution in [0.3, 0.4) is 0 Å². The molecule has 0 bridgehead atoms. The molecule has 1 aliphatic heterocycles. The summed E-state index contributed by atoms with van der Waals surface area (Å²) in [4.78, 5) is 28.1. The van der Waals surface area contributed by atoms with E-state index < -0.39 is 11.4 Å². The number of nitrogens with two attached hydrogens (primary N) is 2. The lowest BCUT2D eigenvalue weighted by molar-refractivity contribution is -0.118. The maximum Gasteiger partial charge on any atom is 0.267 e. The van der Waals surface area contributed by atoms with Crippen LogP contribution in [-0.2, 0) is 4.79 Å². The number of benzene rings is 1.